The number of nitrogens with zero attached hydrogens (tertiary/aromatic N) is 2. The van der Waals surface area contributed by atoms with Crippen molar-refractivity contribution < 1.29 is 4.79 Å². The number of aliphatic imine (C=N–C) groups is 2. The molecule has 3 heteroatoms. The highest BCUT2D eigenvalue weighted by molar-refractivity contribution is 6.16. The lowest BCUT2D eigenvalue weighted by molar-refractivity contribution is -0.104. The summed E-state index contributed by atoms with van der Waals surface area (Å²) >= 11 is 0. The highest BCUT2D eigenvalue weighted by atomic mass is 16.1. The molecule has 0 spiro atoms. The molecule has 0 rings (SSSR count). The van der Waals surface area contributed by atoms with E-state index in [2.05, 4.69) is 9.98 Å². The van der Waals surface area contributed by atoms with Crippen molar-refractivity contribution in [1.82, 2.24) is 0 Å². The van der Waals surface area contributed by atoms with E-state index in [1.54, 1.807) is 7.05 Å². The molecule has 0 fully saturated rings. The van der Waals surface area contributed by atoms with Gasteiger partial charge in [0, 0.05) is 25.7 Å². The van der Waals surface area contributed by atoms with E-state index in [4.69, 9.17) is 0 Å². The first kappa shape index (κ1) is 7.75. The van der Waals surface area contributed by atoms with Crippen LogP contribution in [0.3, 0.4) is 0 Å². The third-order valence-corrected chi connectivity index (χ3v) is 0.553. The minimum absolute atomic E-state index is 0.667. The monoisotopic (exact) mass is 124 g/mol. The van der Waals surface area contributed by atoms with E-state index < -0.39 is 0 Å². The van der Waals surface area contributed by atoms with E-state index in [-0.39, 0.29) is 0 Å². The number of rotatable bonds is 3. The lowest BCUT2D eigenvalue weighted by Gasteiger charge is -1.69. The maximum Gasteiger partial charge on any atom is 0.144 e. The molecule has 0 aromatic carbocycles. The molecule has 0 aliphatic carbocycles. The molecule has 0 bridgehead atoms. The molecule has 0 atom stereocenters. The van der Waals surface area contributed by atoms with E-state index in [9.17, 15) is 4.79 Å². The van der Waals surface area contributed by atoms with Gasteiger partial charge in [0.25, 0.3) is 0 Å². The second-order valence-corrected chi connectivity index (χ2v) is 1.18. The molecule has 0 saturated heterocycles. The van der Waals surface area contributed by atoms with E-state index in [1.807, 2.05) is 0 Å². The highest BCUT2D eigenvalue weighted by Crippen LogP contribution is 1.66. The minimum atomic E-state index is 0.667. The van der Waals surface area contributed by atoms with Crippen LogP contribution in [0.4, 0.5) is 0 Å². The molecule has 0 unspecified atom stereocenters. The zero-order valence-electron chi connectivity index (χ0n) is 5.19. The molecule has 0 amide bonds. The van der Waals surface area contributed by atoms with Gasteiger partial charge in [0.15, 0.2) is 0 Å². The Bertz CT molecular complexity index is 147. The quantitative estimate of drug-likeness (QED) is 0.306. The Hall–Kier alpha value is -1.25. The van der Waals surface area contributed by atoms with E-state index in [0.717, 1.165) is 0 Å². The number of carbonyl (C=O) groups is 1. The van der Waals surface area contributed by atoms with Crippen LogP contribution < -0.4 is 0 Å². The molecular weight excluding hydrogens is 116 g/mol. The van der Waals surface area contributed by atoms with Crippen molar-refractivity contribution in [1.29, 1.82) is 0 Å². The van der Waals surface area contributed by atoms with Gasteiger partial charge in [0.2, 0.25) is 0 Å². The summed E-state index contributed by atoms with van der Waals surface area (Å²) in [5, 5.41) is 0. The molecule has 0 aromatic rings. The minimum Gasteiger partial charge on any atom is -0.299 e. The van der Waals surface area contributed by atoms with Gasteiger partial charge in [-0.3, -0.25) is 14.8 Å². The lowest BCUT2D eigenvalue weighted by atomic mass is 10.7. The Morgan fingerprint density at radius 3 is 2.67 bits per heavy atom. The molecule has 48 valence electrons. The summed E-state index contributed by atoms with van der Waals surface area (Å²) in [5.41, 5.74) is 0. The lowest BCUT2D eigenvalue weighted by Crippen LogP contribution is -1.70. The Morgan fingerprint density at radius 1 is 1.33 bits per heavy atom. The van der Waals surface area contributed by atoms with E-state index in [0.29, 0.717) is 6.29 Å². The average Bonchev–Trinajstić information content (AvgIpc) is 1.89. The fourth-order valence-electron chi connectivity index (χ4n) is 0.240. The molecule has 0 heterocycles. The second kappa shape index (κ2) is 6.75. The van der Waals surface area contributed by atoms with Gasteiger partial charge >= 0.3 is 0 Å². The van der Waals surface area contributed by atoms with Crippen LogP contribution in [0.15, 0.2) is 22.3 Å². The smallest absolute Gasteiger partial charge is 0.144 e. The topological polar surface area (TPSA) is 41.8 Å². The van der Waals surface area contributed by atoms with Gasteiger partial charge in [-0.15, -0.1) is 0 Å². The molecule has 3 nitrogen and oxygen atoms in total. The fraction of sp³-hybridized carbons (Fsp3) is 0.167. The summed E-state index contributed by atoms with van der Waals surface area (Å²) in [4.78, 5) is 16.9. The average molecular weight is 124 g/mol. The van der Waals surface area contributed by atoms with Crippen molar-refractivity contribution in [3.8, 4) is 0 Å². The summed E-state index contributed by atoms with van der Waals surface area (Å²) in [6.45, 7) is 0. The fourth-order valence-corrected chi connectivity index (χ4v) is 0.240. The van der Waals surface area contributed by atoms with Gasteiger partial charge in [-0.05, 0) is 6.08 Å². The molecule has 0 radical (unpaired) electrons. The zero-order chi connectivity index (χ0) is 6.95. The molecule has 0 N–H and O–H groups in total. The zero-order valence-corrected chi connectivity index (χ0v) is 5.19. The predicted octanol–water partition coefficient (Wildman–Crippen LogP) is 0.470. The van der Waals surface area contributed by atoms with Crippen molar-refractivity contribution in [2.45, 2.75) is 0 Å². The molecular formula is C6H8N2O. The Balaban J connectivity index is 3.46. The van der Waals surface area contributed by atoms with Gasteiger partial charge in [0.05, 0.1) is 0 Å². The van der Waals surface area contributed by atoms with Crippen LogP contribution >= 0.6 is 0 Å². The summed E-state index contributed by atoms with van der Waals surface area (Å²) in [5.74, 6) is 0. The van der Waals surface area contributed by atoms with Gasteiger partial charge in [-0.2, -0.15) is 0 Å². The van der Waals surface area contributed by atoms with Crippen molar-refractivity contribution in [2.75, 3.05) is 7.05 Å². The first-order chi connectivity index (χ1) is 4.41. The Morgan fingerprint density at radius 2 is 2.11 bits per heavy atom. The SMILES string of the molecule is CN=CC=N/C=C/C=O. The van der Waals surface area contributed by atoms with Crippen molar-refractivity contribution in [2.24, 2.45) is 9.98 Å². The molecule has 0 aliphatic rings. The summed E-state index contributed by atoms with van der Waals surface area (Å²) in [7, 11) is 1.65. The highest BCUT2D eigenvalue weighted by Gasteiger charge is 1.60. The number of carbonyl (C=O) groups excluding carboxylic acids is 1. The second-order valence-electron chi connectivity index (χ2n) is 1.18. The number of aldehydes is 1. The van der Waals surface area contributed by atoms with Gasteiger partial charge < -0.3 is 0 Å². The molecule has 9 heavy (non-hydrogen) atoms. The molecule has 0 aromatic heterocycles. The maximum atomic E-state index is 9.64. The van der Waals surface area contributed by atoms with Crippen molar-refractivity contribution in [3.05, 3.63) is 12.3 Å². The van der Waals surface area contributed by atoms with Gasteiger partial charge in [0.1, 0.15) is 6.29 Å². The van der Waals surface area contributed by atoms with Crippen LogP contribution in [-0.2, 0) is 4.79 Å². The van der Waals surface area contributed by atoms with Crippen LogP contribution in [0, 0.1) is 0 Å². The van der Waals surface area contributed by atoms with Crippen molar-refractivity contribution in [3.63, 3.8) is 0 Å². The first-order valence-corrected chi connectivity index (χ1v) is 2.46. The largest absolute Gasteiger partial charge is 0.299 e. The third kappa shape index (κ3) is 6.75. The van der Waals surface area contributed by atoms with Gasteiger partial charge in [-0.1, -0.05) is 0 Å². The summed E-state index contributed by atoms with van der Waals surface area (Å²) in [6, 6.07) is 0. The van der Waals surface area contributed by atoms with Crippen molar-refractivity contribution >= 4 is 18.7 Å². The summed E-state index contributed by atoms with van der Waals surface area (Å²) in [6.07, 6.45) is 6.41. The van der Waals surface area contributed by atoms with E-state index >= 15 is 0 Å². The van der Waals surface area contributed by atoms with E-state index in [1.165, 1.54) is 24.7 Å². The standard InChI is InChI=1S/C6H8N2O/c1-7-4-5-8-3-2-6-9/h2-6H,1H3/b3-2+,7-4?,8-5?. The third-order valence-electron chi connectivity index (χ3n) is 0.553. The number of hydrogen-bond donors (Lipinski definition) is 0. The normalized spacial score (nSPS) is 12.1. The Kier molecular flexibility index (Phi) is 5.81. The summed E-state index contributed by atoms with van der Waals surface area (Å²) < 4.78 is 0. The number of allylic oxidation sites excluding steroid dienone is 1. The number of hydrogen-bond acceptors (Lipinski definition) is 3. The van der Waals surface area contributed by atoms with Crippen LogP contribution in [0.5, 0.6) is 0 Å². The van der Waals surface area contributed by atoms with Crippen LogP contribution in [0.25, 0.3) is 0 Å². The first-order valence-electron chi connectivity index (χ1n) is 2.46. The predicted molar refractivity (Wildman–Crippen MR) is 38.1 cm³/mol. The van der Waals surface area contributed by atoms with Crippen LogP contribution in [-0.4, -0.2) is 25.8 Å². The maximum absolute atomic E-state index is 9.64. The Labute approximate surface area is 53.8 Å². The van der Waals surface area contributed by atoms with Crippen LogP contribution in [0.2, 0.25) is 0 Å². The molecule has 0 saturated carbocycles. The van der Waals surface area contributed by atoms with Crippen LogP contribution in [0.1, 0.15) is 0 Å². The molecule has 0 aliphatic heterocycles. The van der Waals surface area contributed by atoms with Gasteiger partial charge in [-0.25, -0.2) is 0 Å².